The van der Waals surface area contributed by atoms with Crippen molar-refractivity contribution in [1.29, 1.82) is 0 Å². The zero-order valence-electron chi connectivity index (χ0n) is 9.94. The highest BCUT2D eigenvalue weighted by Gasteiger charge is 2.32. The number of alkyl halides is 3. The van der Waals surface area contributed by atoms with Gasteiger partial charge in [0.1, 0.15) is 5.75 Å². The van der Waals surface area contributed by atoms with Gasteiger partial charge in [0.05, 0.1) is 18.8 Å². The van der Waals surface area contributed by atoms with E-state index in [-0.39, 0.29) is 5.56 Å². The Labute approximate surface area is 107 Å². The molecule has 1 aromatic carbocycles. The van der Waals surface area contributed by atoms with Crippen molar-refractivity contribution >= 4 is 12.0 Å². The number of anilines is 1. The van der Waals surface area contributed by atoms with Gasteiger partial charge < -0.3 is 14.4 Å². The van der Waals surface area contributed by atoms with E-state index < -0.39 is 12.1 Å². The molecule has 7 heteroatoms. The summed E-state index contributed by atoms with van der Waals surface area (Å²) in [4.78, 5) is 12.6. The zero-order valence-corrected chi connectivity index (χ0v) is 9.94. The van der Waals surface area contributed by atoms with E-state index in [0.29, 0.717) is 38.3 Å². The minimum absolute atomic E-state index is 0.130. The molecule has 0 bridgehead atoms. The molecule has 0 N–H and O–H groups in total. The molecule has 19 heavy (non-hydrogen) atoms. The maximum absolute atomic E-state index is 12.3. The van der Waals surface area contributed by atoms with Crippen LogP contribution in [0.25, 0.3) is 0 Å². The first-order valence-electron chi connectivity index (χ1n) is 5.67. The van der Waals surface area contributed by atoms with Gasteiger partial charge in [0.2, 0.25) is 0 Å². The normalized spacial score (nSPS) is 16.3. The molecule has 0 amide bonds. The number of nitrogens with zero attached hydrogens (tertiary/aromatic N) is 1. The Morgan fingerprint density at radius 1 is 1.26 bits per heavy atom. The number of aldehydes is 1. The van der Waals surface area contributed by atoms with Gasteiger partial charge in [-0.2, -0.15) is 0 Å². The Bertz CT molecular complexity index is 456. The summed E-state index contributed by atoms with van der Waals surface area (Å²) in [6.45, 7) is 2.22. The predicted octanol–water partition coefficient (Wildman–Crippen LogP) is 2.23. The van der Waals surface area contributed by atoms with Gasteiger partial charge in [-0.25, -0.2) is 0 Å². The third-order valence-corrected chi connectivity index (χ3v) is 2.73. The highest BCUT2D eigenvalue weighted by molar-refractivity contribution is 5.80. The van der Waals surface area contributed by atoms with Gasteiger partial charge in [-0.05, 0) is 12.1 Å². The molecule has 1 aliphatic heterocycles. The van der Waals surface area contributed by atoms with Crippen LogP contribution in [0.5, 0.6) is 5.75 Å². The summed E-state index contributed by atoms with van der Waals surface area (Å²) in [5.41, 5.74) is 0.447. The van der Waals surface area contributed by atoms with Crippen molar-refractivity contribution in [3.05, 3.63) is 23.8 Å². The Balaban J connectivity index is 2.26. The number of halogens is 3. The summed E-state index contributed by atoms with van der Waals surface area (Å²) in [6, 6.07) is 4.14. The van der Waals surface area contributed by atoms with Gasteiger partial charge in [-0.15, -0.1) is 13.2 Å². The largest absolute Gasteiger partial charge is 0.573 e. The van der Waals surface area contributed by atoms with E-state index in [4.69, 9.17) is 4.74 Å². The van der Waals surface area contributed by atoms with Crippen molar-refractivity contribution in [2.45, 2.75) is 6.36 Å². The summed E-state index contributed by atoms with van der Waals surface area (Å²) < 4.78 is 45.8. The van der Waals surface area contributed by atoms with E-state index in [9.17, 15) is 18.0 Å². The summed E-state index contributed by atoms with van der Waals surface area (Å²) in [5.74, 6) is -0.480. The third kappa shape index (κ3) is 3.60. The number of rotatable bonds is 3. The topological polar surface area (TPSA) is 38.8 Å². The first kappa shape index (κ1) is 13.7. The minimum Gasteiger partial charge on any atom is -0.405 e. The lowest BCUT2D eigenvalue weighted by molar-refractivity contribution is -0.274. The van der Waals surface area contributed by atoms with Gasteiger partial charge in [0.15, 0.2) is 6.29 Å². The van der Waals surface area contributed by atoms with Crippen LogP contribution in [0.3, 0.4) is 0 Å². The van der Waals surface area contributed by atoms with Crippen LogP contribution >= 0.6 is 0 Å². The Kier molecular flexibility index (Phi) is 3.94. The Morgan fingerprint density at radius 2 is 1.95 bits per heavy atom. The first-order chi connectivity index (χ1) is 8.99. The maximum Gasteiger partial charge on any atom is 0.573 e. The van der Waals surface area contributed by atoms with E-state index in [1.54, 1.807) is 6.07 Å². The van der Waals surface area contributed by atoms with Crippen molar-refractivity contribution in [1.82, 2.24) is 0 Å². The van der Waals surface area contributed by atoms with Crippen LogP contribution in [-0.4, -0.2) is 39.0 Å². The van der Waals surface area contributed by atoms with Crippen LogP contribution in [0.15, 0.2) is 18.2 Å². The second-order valence-corrected chi connectivity index (χ2v) is 3.99. The van der Waals surface area contributed by atoms with Crippen LogP contribution in [0.4, 0.5) is 18.9 Å². The number of hydrogen-bond acceptors (Lipinski definition) is 4. The van der Waals surface area contributed by atoms with Crippen molar-refractivity contribution in [3.63, 3.8) is 0 Å². The van der Waals surface area contributed by atoms with Gasteiger partial charge in [0.25, 0.3) is 0 Å². The third-order valence-electron chi connectivity index (χ3n) is 2.73. The lowest BCUT2D eigenvalue weighted by Crippen LogP contribution is -2.36. The van der Waals surface area contributed by atoms with E-state index in [1.807, 2.05) is 4.90 Å². The summed E-state index contributed by atoms with van der Waals surface area (Å²) >= 11 is 0. The van der Waals surface area contributed by atoms with Gasteiger partial charge >= 0.3 is 6.36 Å². The SMILES string of the molecule is O=Cc1ccc(N2CCOCC2)cc1OC(F)(F)F. The molecule has 0 aliphatic carbocycles. The van der Waals surface area contributed by atoms with Crippen LogP contribution in [-0.2, 0) is 4.74 Å². The van der Waals surface area contributed by atoms with E-state index >= 15 is 0 Å². The van der Waals surface area contributed by atoms with Crippen molar-refractivity contribution in [2.24, 2.45) is 0 Å². The average Bonchev–Trinajstić information content (AvgIpc) is 2.38. The smallest absolute Gasteiger partial charge is 0.405 e. The van der Waals surface area contributed by atoms with Gasteiger partial charge in [-0.3, -0.25) is 4.79 Å². The van der Waals surface area contributed by atoms with Crippen molar-refractivity contribution < 1.29 is 27.4 Å². The second kappa shape index (κ2) is 5.48. The molecule has 104 valence electrons. The molecule has 0 spiro atoms. The quantitative estimate of drug-likeness (QED) is 0.793. The van der Waals surface area contributed by atoms with Crippen LogP contribution < -0.4 is 9.64 Å². The van der Waals surface area contributed by atoms with Crippen LogP contribution in [0.2, 0.25) is 0 Å². The molecule has 0 radical (unpaired) electrons. The molecule has 0 aromatic heterocycles. The van der Waals surface area contributed by atoms with E-state index in [1.165, 1.54) is 12.1 Å². The summed E-state index contributed by atoms with van der Waals surface area (Å²) in [6.07, 6.45) is -4.48. The highest BCUT2D eigenvalue weighted by Crippen LogP contribution is 2.30. The maximum atomic E-state index is 12.3. The number of benzene rings is 1. The standard InChI is InChI=1S/C12H12F3NO3/c13-12(14,15)19-11-7-10(2-1-9(11)8-17)16-3-5-18-6-4-16/h1-2,7-8H,3-6H2. The lowest BCUT2D eigenvalue weighted by Gasteiger charge is -2.29. The average molecular weight is 275 g/mol. The number of carbonyl (C=O) groups excluding carboxylic acids is 1. The lowest BCUT2D eigenvalue weighted by atomic mass is 10.2. The zero-order chi connectivity index (χ0) is 13.9. The number of morpholine rings is 1. The fourth-order valence-corrected chi connectivity index (χ4v) is 1.85. The van der Waals surface area contributed by atoms with E-state index in [0.717, 1.165) is 0 Å². The van der Waals surface area contributed by atoms with Crippen LogP contribution in [0, 0.1) is 0 Å². The first-order valence-corrected chi connectivity index (χ1v) is 5.67. The fraction of sp³-hybridized carbons (Fsp3) is 0.417. The minimum atomic E-state index is -4.82. The van der Waals surface area contributed by atoms with Crippen LogP contribution in [0.1, 0.15) is 10.4 Å². The summed E-state index contributed by atoms with van der Waals surface area (Å²) in [5, 5.41) is 0. The Hall–Kier alpha value is -1.76. The number of hydrogen-bond donors (Lipinski definition) is 0. The molecule has 1 fully saturated rings. The molecule has 2 rings (SSSR count). The monoisotopic (exact) mass is 275 g/mol. The Morgan fingerprint density at radius 3 is 2.53 bits per heavy atom. The fourth-order valence-electron chi connectivity index (χ4n) is 1.85. The molecule has 1 heterocycles. The number of ether oxygens (including phenoxy) is 2. The van der Waals surface area contributed by atoms with Gasteiger partial charge in [0, 0.05) is 24.8 Å². The molecule has 4 nitrogen and oxygen atoms in total. The molecular formula is C12H12F3NO3. The van der Waals surface area contributed by atoms with Crippen molar-refractivity contribution in [2.75, 3.05) is 31.2 Å². The van der Waals surface area contributed by atoms with Gasteiger partial charge in [-0.1, -0.05) is 0 Å². The van der Waals surface area contributed by atoms with E-state index in [2.05, 4.69) is 4.74 Å². The predicted molar refractivity (Wildman–Crippen MR) is 61.5 cm³/mol. The highest BCUT2D eigenvalue weighted by atomic mass is 19.4. The molecule has 1 saturated heterocycles. The molecule has 1 aliphatic rings. The molecule has 0 saturated carbocycles. The molecule has 0 unspecified atom stereocenters. The number of carbonyl (C=O) groups is 1. The summed E-state index contributed by atoms with van der Waals surface area (Å²) in [7, 11) is 0. The van der Waals surface area contributed by atoms with Crippen molar-refractivity contribution in [3.8, 4) is 5.75 Å². The molecular weight excluding hydrogens is 263 g/mol. The molecule has 1 aromatic rings. The second-order valence-electron chi connectivity index (χ2n) is 3.99. The molecule has 0 atom stereocenters.